The van der Waals surface area contributed by atoms with Crippen LogP contribution in [0.3, 0.4) is 0 Å². The zero-order valence-electron chi connectivity index (χ0n) is 10.7. The molecule has 0 fully saturated rings. The van der Waals surface area contributed by atoms with Crippen LogP contribution in [0.4, 0.5) is 0 Å². The van der Waals surface area contributed by atoms with Crippen molar-refractivity contribution >= 4 is 0 Å². The molecule has 0 radical (unpaired) electrons. The Hall–Kier alpha value is -1.06. The first-order valence-electron chi connectivity index (χ1n) is 6.26. The van der Waals surface area contributed by atoms with E-state index in [0.29, 0.717) is 13.2 Å². The molecule has 0 spiro atoms. The van der Waals surface area contributed by atoms with Crippen LogP contribution in [0.5, 0.6) is 5.75 Å². The van der Waals surface area contributed by atoms with E-state index in [1.54, 1.807) is 0 Å². The highest BCUT2D eigenvalue weighted by Crippen LogP contribution is 2.21. The number of hydrogen-bond acceptors (Lipinski definition) is 3. The van der Waals surface area contributed by atoms with Crippen LogP contribution in [0.25, 0.3) is 0 Å². The Labute approximate surface area is 103 Å². The van der Waals surface area contributed by atoms with Gasteiger partial charge in [0.2, 0.25) is 0 Å². The summed E-state index contributed by atoms with van der Waals surface area (Å²) in [6.45, 7) is 6.04. The highest BCUT2D eigenvalue weighted by atomic mass is 16.5. The number of hydrogen-bond donors (Lipinski definition) is 1. The van der Waals surface area contributed by atoms with E-state index in [-0.39, 0.29) is 0 Å². The van der Waals surface area contributed by atoms with E-state index < -0.39 is 6.10 Å². The van der Waals surface area contributed by atoms with E-state index in [1.165, 1.54) is 0 Å². The molecule has 1 N–H and O–H groups in total. The predicted molar refractivity (Wildman–Crippen MR) is 68.3 cm³/mol. The second kappa shape index (κ2) is 8.09. The van der Waals surface area contributed by atoms with Crippen molar-refractivity contribution < 1.29 is 14.6 Å². The molecule has 1 rings (SSSR count). The van der Waals surface area contributed by atoms with Crippen molar-refractivity contribution in [2.24, 2.45) is 0 Å². The predicted octanol–water partition coefficient (Wildman–Crippen LogP) is 2.94. The summed E-state index contributed by atoms with van der Waals surface area (Å²) < 4.78 is 10.6. The van der Waals surface area contributed by atoms with Gasteiger partial charge in [0.25, 0.3) is 0 Å². The van der Waals surface area contributed by atoms with Crippen LogP contribution >= 0.6 is 0 Å². The number of benzene rings is 1. The van der Waals surface area contributed by atoms with Gasteiger partial charge in [-0.1, -0.05) is 12.1 Å². The first-order valence-corrected chi connectivity index (χ1v) is 6.26. The second-order valence-corrected chi connectivity index (χ2v) is 3.86. The summed E-state index contributed by atoms with van der Waals surface area (Å²) >= 11 is 0. The molecule has 0 aliphatic heterocycles. The molecule has 0 heterocycles. The fourth-order valence-corrected chi connectivity index (χ4v) is 1.64. The maximum Gasteiger partial charge on any atom is 0.119 e. The van der Waals surface area contributed by atoms with Gasteiger partial charge in [-0.2, -0.15) is 0 Å². The van der Waals surface area contributed by atoms with Crippen molar-refractivity contribution in [1.82, 2.24) is 0 Å². The standard InChI is InChI=1S/C14H22O3/c1-3-16-11-5-6-14(15)12-7-9-13(10-8-12)17-4-2/h7-10,14-15H,3-6,11H2,1-2H3. The van der Waals surface area contributed by atoms with Crippen molar-refractivity contribution in [3.63, 3.8) is 0 Å². The molecule has 0 amide bonds. The Morgan fingerprint density at radius 2 is 1.82 bits per heavy atom. The SMILES string of the molecule is CCOCCCC(O)c1ccc(OCC)cc1. The van der Waals surface area contributed by atoms with Crippen molar-refractivity contribution in [2.75, 3.05) is 19.8 Å². The number of aliphatic hydroxyl groups is 1. The molecule has 1 aromatic carbocycles. The lowest BCUT2D eigenvalue weighted by Crippen LogP contribution is -2.01. The number of aliphatic hydroxyl groups excluding tert-OH is 1. The lowest BCUT2D eigenvalue weighted by Gasteiger charge is -2.11. The van der Waals surface area contributed by atoms with E-state index in [0.717, 1.165) is 30.8 Å². The Kier molecular flexibility index (Phi) is 6.67. The van der Waals surface area contributed by atoms with E-state index >= 15 is 0 Å². The highest BCUT2D eigenvalue weighted by Gasteiger charge is 2.07. The quantitative estimate of drug-likeness (QED) is 0.708. The Morgan fingerprint density at radius 3 is 2.41 bits per heavy atom. The van der Waals surface area contributed by atoms with Crippen LogP contribution in [0.1, 0.15) is 38.4 Å². The lowest BCUT2D eigenvalue weighted by atomic mass is 10.1. The summed E-state index contributed by atoms with van der Waals surface area (Å²) in [5.74, 6) is 0.845. The summed E-state index contributed by atoms with van der Waals surface area (Å²) in [6.07, 6.45) is 1.20. The lowest BCUT2D eigenvalue weighted by molar-refractivity contribution is 0.114. The molecule has 0 aromatic heterocycles. The van der Waals surface area contributed by atoms with Crippen LogP contribution in [0, 0.1) is 0 Å². The van der Waals surface area contributed by atoms with E-state index in [4.69, 9.17) is 9.47 Å². The molecule has 96 valence electrons. The zero-order chi connectivity index (χ0) is 12.5. The molecular formula is C14H22O3. The summed E-state index contributed by atoms with van der Waals surface area (Å²) in [5, 5.41) is 9.94. The third kappa shape index (κ3) is 5.20. The van der Waals surface area contributed by atoms with Gasteiger partial charge in [-0.3, -0.25) is 0 Å². The van der Waals surface area contributed by atoms with Crippen molar-refractivity contribution in [2.45, 2.75) is 32.8 Å². The average molecular weight is 238 g/mol. The third-order valence-corrected chi connectivity index (χ3v) is 2.55. The van der Waals surface area contributed by atoms with Crippen molar-refractivity contribution in [1.29, 1.82) is 0 Å². The van der Waals surface area contributed by atoms with Gasteiger partial charge in [0.05, 0.1) is 12.7 Å². The molecular weight excluding hydrogens is 216 g/mol. The Morgan fingerprint density at radius 1 is 1.12 bits per heavy atom. The van der Waals surface area contributed by atoms with Gasteiger partial charge >= 0.3 is 0 Å². The first-order chi connectivity index (χ1) is 8.27. The van der Waals surface area contributed by atoms with Crippen molar-refractivity contribution in [3.05, 3.63) is 29.8 Å². The molecule has 0 bridgehead atoms. The van der Waals surface area contributed by atoms with Crippen LogP contribution in [0.2, 0.25) is 0 Å². The summed E-state index contributed by atoms with van der Waals surface area (Å²) in [4.78, 5) is 0. The van der Waals surface area contributed by atoms with Crippen molar-refractivity contribution in [3.8, 4) is 5.75 Å². The second-order valence-electron chi connectivity index (χ2n) is 3.86. The Bertz CT molecular complexity index is 295. The van der Waals surface area contributed by atoms with E-state index in [1.807, 2.05) is 38.1 Å². The third-order valence-electron chi connectivity index (χ3n) is 2.55. The molecule has 0 aliphatic rings. The van der Waals surface area contributed by atoms with Gasteiger partial charge in [0.15, 0.2) is 0 Å². The largest absolute Gasteiger partial charge is 0.494 e. The van der Waals surface area contributed by atoms with E-state index in [2.05, 4.69) is 0 Å². The highest BCUT2D eigenvalue weighted by molar-refractivity contribution is 5.28. The molecule has 3 heteroatoms. The smallest absolute Gasteiger partial charge is 0.119 e. The minimum Gasteiger partial charge on any atom is -0.494 e. The zero-order valence-corrected chi connectivity index (χ0v) is 10.7. The van der Waals surface area contributed by atoms with Gasteiger partial charge < -0.3 is 14.6 Å². The van der Waals surface area contributed by atoms with E-state index in [9.17, 15) is 5.11 Å². The summed E-state index contributed by atoms with van der Waals surface area (Å²) in [5.41, 5.74) is 0.935. The fourth-order valence-electron chi connectivity index (χ4n) is 1.64. The number of rotatable bonds is 8. The first kappa shape index (κ1) is 14.0. The molecule has 17 heavy (non-hydrogen) atoms. The van der Waals surface area contributed by atoms with Gasteiger partial charge in [0, 0.05) is 13.2 Å². The van der Waals surface area contributed by atoms with Crippen LogP contribution in [0.15, 0.2) is 24.3 Å². The fraction of sp³-hybridized carbons (Fsp3) is 0.571. The molecule has 1 atom stereocenters. The van der Waals surface area contributed by atoms with Crippen LogP contribution < -0.4 is 4.74 Å². The molecule has 1 unspecified atom stereocenters. The van der Waals surface area contributed by atoms with Gasteiger partial charge in [-0.25, -0.2) is 0 Å². The topological polar surface area (TPSA) is 38.7 Å². The molecule has 3 nitrogen and oxygen atoms in total. The molecule has 0 saturated heterocycles. The minimum absolute atomic E-state index is 0.411. The minimum atomic E-state index is -0.411. The summed E-state index contributed by atoms with van der Waals surface area (Å²) in [7, 11) is 0. The monoisotopic (exact) mass is 238 g/mol. The van der Waals surface area contributed by atoms with Gasteiger partial charge in [-0.05, 0) is 44.4 Å². The molecule has 1 aromatic rings. The van der Waals surface area contributed by atoms with Crippen LogP contribution in [-0.4, -0.2) is 24.9 Å². The van der Waals surface area contributed by atoms with Gasteiger partial charge in [-0.15, -0.1) is 0 Å². The molecule has 0 aliphatic carbocycles. The normalized spacial score (nSPS) is 12.4. The maximum atomic E-state index is 9.94. The van der Waals surface area contributed by atoms with Gasteiger partial charge in [0.1, 0.15) is 5.75 Å². The maximum absolute atomic E-state index is 9.94. The Balaban J connectivity index is 2.37. The molecule has 0 saturated carbocycles. The average Bonchev–Trinajstić information content (AvgIpc) is 2.36. The summed E-state index contributed by atoms with van der Waals surface area (Å²) in [6, 6.07) is 7.61. The van der Waals surface area contributed by atoms with Crippen LogP contribution in [-0.2, 0) is 4.74 Å². The number of ether oxygens (including phenoxy) is 2.